The summed E-state index contributed by atoms with van der Waals surface area (Å²) in [4.78, 5) is 42.8. The number of hydrogen-bond acceptors (Lipinski definition) is 5. The standard InChI is InChI=1S/C19H30N4O2.CH2O2/c1-14-12-18(24)17(13-20-14)19(25)23-6-4-16(5-7-23)15(2)22-10-8-21(3)9-11-22;2-1-3/h12-13,15-16H,4-11H2,1-3H3,(H,20,24);1H,(H,2,3). The number of piperidine rings is 1. The number of aryl methyl sites for hydroxylation is 1. The molecule has 0 spiro atoms. The number of carbonyl (C=O) groups excluding carboxylic acids is 1. The third kappa shape index (κ3) is 5.65. The monoisotopic (exact) mass is 392 g/mol. The maximum atomic E-state index is 12.6. The molecule has 1 atom stereocenters. The Morgan fingerprint density at radius 3 is 2.32 bits per heavy atom. The molecule has 2 fully saturated rings. The van der Waals surface area contributed by atoms with Gasteiger partial charge in [-0.25, -0.2) is 0 Å². The van der Waals surface area contributed by atoms with Crippen LogP contribution in [0.1, 0.15) is 35.8 Å². The van der Waals surface area contributed by atoms with Gasteiger partial charge < -0.3 is 19.9 Å². The minimum absolute atomic E-state index is 0.132. The number of hydrogen-bond donors (Lipinski definition) is 2. The van der Waals surface area contributed by atoms with Crippen LogP contribution in [0.3, 0.4) is 0 Å². The van der Waals surface area contributed by atoms with Gasteiger partial charge in [0.15, 0.2) is 5.43 Å². The number of H-pyrrole nitrogens is 1. The lowest BCUT2D eigenvalue weighted by molar-refractivity contribution is -0.122. The molecule has 0 aliphatic carbocycles. The first kappa shape index (κ1) is 22.1. The highest BCUT2D eigenvalue weighted by atomic mass is 16.3. The number of aromatic amines is 1. The van der Waals surface area contributed by atoms with Gasteiger partial charge >= 0.3 is 0 Å². The molecule has 0 bridgehead atoms. The van der Waals surface area contributed by atoms with E-state index in [1.165, 1.54) is 6.07 Å². The van der Waals surface area contributed by atoms with Crippen LogP contribution in [0.15, 0.2) is 17.1 Å². The molecule has 28 heavy (non-hydrogen) atoms. The van der Waals surface area contributed by atoms with E-state index in [0.29, 0.717) is 12.0 Å². The quantitative estimate of drug-likeness (QED) is 0.741. The number of carboxylic acid groups (broad SMARTS) is 1. The zero-order valence-electron chi connectivity index (χ0n) is 17.1. The van der Waals surface area contributed by atoms with Crippen molar-refractivity contribution in [2.45, 2.75) is 32.7 Å². The van der Waals surface area contributed by atoms with Crippen molar-refractivity contribution in [3.63, 3.8) is 0 Å². The number of likely N-dealkylation sites (tertiary alicyclic amines) is 1. The number of nitrogens with zero attached hydrogens (tertiary/aromatic N) is 3. The Balaban J connectivity index is 0.000000878. The number of likely N-dealkylation sites (N-methyl/N-ethyl adjacent to an activating group) is 1. The summed E-state index contributed by atoms with van der Waals surface area (Å²) in [5.41, 5.74) is 0.853. The van der Waals surface area contributed by atoms with Crippen LogP contribution >= 0.6 is 0 Å². The van der Waals surface area contributed by atoms with Crippen molar-refractivity contribution in [2.24, 2.45) is 5.92 Å². The Labute approximate surface area is 166 Å². The Morgan fingerprint density at radius 2 is 1.79 bits per heavy atom. The van der Waals surface area contributed by atoms with E-state index in [4.69, 9.17) is 9.90 Å². The number of piperazine rings is 1. The van der Waals surface area contributed by atoms with Crippen LogP contribution in [0.2, 0.25) is 0 Å². The molecule has 3 heterocycles. The fourth-order valence-corrected chi connectivity index (χ4v) is 4.02. The molecule has 0 aromatic carbocycles. The Bertz CT molecular complexity index is 704. The zero-order chi connectivity index (χ0) is 20.7. The van der Waals surface area contributed by atoms with Crippen LogP contribution in [0.4, 0.5) is 0 Å². The minimum atomic E-state index is -0.250. The highest BCUT2D eigenvalue weighted by Crippen LogP contribution is 2.25. The van der Waals surface area contributed by atoms with Crippen molar-refractivity contribution in [1.82, 2.24) is 19.7 Å². The topological polar surface area (TPSA) is 97.0 Å². The van der Waals surface area contributed by atoms with E-state index in [2.05, 4.69) is 28.8 Å². The summed E-state index contributed by atoms with van der Waals surface area (Å²) in [6.45, 7) is 9.93. The first-order valence-electron chi connectivity index (χ1n) is 9.86. The van der Waals surface area contributed by atoms with Gasteiger partial charge in [0.1, 0.15) is 5.56 Å². The van der Waals surface area contributed by atoms with E-state index in [1.54, 1.807) is 6.20 Å². The molecule has 0 saturated carbocycles. The van der Waals surface area contributed by atoms with E-state index in [-0.39, 0.29) is 23.4 Å². The van der Waals surface area contributed by atoms with Gasteiger partial charge in [0, 0.05) is 63.3 Å². The van der Waals surface area contributed by atoms with E-state index >= 15 is 0 Å². The molecule has 0 radical (unpaired) electrons. The van der Waals surface area contributed by atoms with Crippen molar-refractivity contribution in [1.29, 1.82) is 0 Å². The summed E-state index contributed by atoms with van der Waals surface area (Å²) in [5.74, 6) is 0.496. The fourth-order valence-electron chi connectivity index (χ4n) is 4.02. The van der Waals surface area contributed by atoms with Crippen molar-refractivity contribution in [2.75, 3.05) is 46.3 Å². The average molecular weight is 393 g/mol. The second-order valence-corrected chi connectivity index (χ2v) is 7.71. The minimum Gasteiger partial charge on any atom is -0.483 e. The molecular formula is C20H32N4O4. The molecule has 1 unspecified atom stereocenters. The van der Waals surface area contributed by atoms with Crippen molar-refractivity contribution in [3.05, 3.63) is 33.7 Å². The molecule has 156 valence electrons. The van der Waals surface area contributed by atoms with Gasteiger partial charge in [-0.05, 0) is 39.7 Å². The van der Waals surface area contributed by atoms with Crippen LogP contribution in [0, 0.1) is 12.8 Å². The maximum Gasteiger partial charge on any atom is 0.290 e. The summed E-state index contributed by atoms with van der Waals surface area (Å²) >= 11 is 0. The molecule has 2 N–H and O–H groups in total. The lowest BCUT2D eigenvalue weighted by Crippen LogP contribution is -2.52. The van der Waals surface area contributed by atoms with Crippen molar-refractivity contribution in [3.8, 4) is 0 Å². The second kappa shape index (κ2) is 10.4. The number of nitrogens with one attached hydrogen (secondary N) is 1. The first-order chi connectivity index (χ1) is 13.4. The molecular weight excluding hydrogens is 360 g/mol. The molecule has 1 aromatic rings. The number of rotatable bonds is 3. The molecule has 2 aliphatic heterocycles. The number of pyridine rings is 1. The summed E-state index contributed by atoms with van der Waals surface area (Å²) < 4.78 is 0. The molecule has 2 saturated heterocycles. The molecule has 1 aromatic heterocycles. The second-order valence-electron chi connectivity index (χ2n) is 7.71. The van der Waals surface area contributed by atoms with Gasteiger partial charge in [0.05, 0.1) is 0 Å². The predicted molar refractivity (Wildman–Crippen MR) is 108 cm³/mol. The van der Waals surface area contributed by atoms with Crippen molar-refractivity contribution >= 4 is 12.4 Å². The first-order valence-corrected chi connectivity index (χ1v) is 9.86. The SMILES string of the molecule is Cc1cc(=O)c(C(=O)N2CCC(C(C)N3CCN(C)CC3)CC2)c[nH]1.O=CO. The summed E-state index contributed by atoms with van der Waals surface area (Å²) in [7, 11) is 2.18. The van der Waals surface area contributed by atoms with Gasteiger partial charge in [-0.3, -0.25) is 19.3 Å². The highest BCUT2D eigenvalue weighted by molar-refractivity contribution is 5.93. The summed E-state index contributed by atoms with van der Waals surface area (Å²) in [6, 6.07) is 2.06. The van der Waals surface area contributed by atoms with Crippen LogP contribution in [-0.2, 0) is 4.79 Å². The average Bonchev–Trinajstić information content (AvgIpc) is 2.68. The van der Waals surface area contributed by atoms with Crippen LogP contribution in [-0.4, -0.2) is 89.5 Å². The van der Waals surface area contributed by atoms with Crippen LogP contribution in [0.25, 0.3) is 0 Å². The van der Waals surface area contributed by atoms with E-state index < -0.39 is 0 Å². The molecule has 8 nitrogen and oxygen atoms in total. The fraction of sp³-hybridized carbons (Fsp3) is 0.650. The Kier molecular flexibility index (Phi) is 8.19. The Morgan fingerprint density at radius 1 is 1.21 bits per heavy atom. The molecule has 2 aliphatic rings. The van der Waals surface area contributed by atoms with Gasteiger partial charge in [-0.1, -0.05) is 0 Å². The van der Waals surface area contributed by atoms with E-state index in [1.807, 2.05) is 11.8 Å². The number of amides is 1. The predicted octanol–water partition coefficient (Wildman–Crippen LogP) is 0.872. The Hall–Kier alpha value is -2.19. The lowest BCUT2D eigenvalue weighted by atomic mass is 9.89. The third-order valence-corrected chi connectivity index (χ3v) is 5.91. The maximum absolute atomic E-state index is 12.6. The normalized spacial score (nSPS) is 20.2. The number of aromatic nitrogens is 1. The zero-order valence-corrected chi connectivity index (χ0v) is 17.1. The van der Waals surface area contributed by atoms with Gasteiger partial charge in [-0.2, -0.15) is 0 Å². The third-order valence-electron chi connectivity index (χ3n) is 5.91. The largest absolute Gasteiger partial charge is 0.483 e. The van der Waals surface area contributed by atoms with E-state index in [9.17, 15) is 9.59 Å². The summed E-state index contributed by atoms with van der Waals surface area (Å²) in [6.07, 6.45) is 3.59. The molecule has 1 amide bonds. The highest BCUT2D eigenvalue weighted by Gasteiger charge is 2.31. The van der Waals surface area contributed by atoms with Gasteiger partial charge in [-0.15, -0.1) is 0 Å². The molecule has 8 heteroatoms. The molecule has 3 rings (SSSR count). The van der Waals surface area contributed by atoms with E-state index in [0.717, 1.165) is 57.8 Å². The van der Waals surface area contributed by atoms with Crippen molar-refractivity contribution < 1.29 is 14.7 Å². The smallest absolute Gasteiger partial charge is 0.290 e. The van der Waals surface area contributed by atoms with Crippen LogP contribution in [0.5, 0.6) is 0 Å². The van der Waals surface area contributed by atoms with Crippen LogP contribution < -0.4 is 5.43 Å². The van der Waals surface area contributed by atoms with Gasteiger partial charge in [0.2, 0.25) is 0 Å². The summed E-state index contributed by atoms with van der Waals surface area (Å²) in [5, 5.41) is 6.89. The number of carbonyl (C=O) groups is 2. The van der Waals surface area contributed by atoms with Gasteiger partial charge in [0.25, 0.3) is 12.4 Å². The lowest BCUT2D eigenvalue weighted by Gasteiger charge is -2.42.